The van der Waals surface area contributed by atoms with Gasteiger partial charge >= 0.3 is 0 Å². The Balaban J connectivity index is 0.000000154. The van der Waals surface area contributed by atoms with Gasteiger partial charge < -0.3 is 10.2 Å². The Morgan fingerprint density at radius 3 is 1.73 bits per heavy atom. The van der Waals surface area contributed by atoms with Crippen LogP contribution in [0.4, 0.5) is 11.4 Å². The van der Waals surface area contributed by atoms with Crippen molar-refractivity contribution in [3.8, 4) is 0 Å². The van der Waals surface area contributed by atoms with Crippen molar-refractivity contribution in [2.45, 2.75) is 52.1 Å². The first-order valence-electron chi connectivity index (χ1n) is 18.2. The van der Waals surface area contributed by atoms with Crippen molar-refractivity contribution >= 4 is 17.3 Å². The smallest absolute Gasteiger partial charge is 0.226 e. The SMILES string of the molecule is CCC(=O)N(CC12CC1CCN(Cc1ccccc1)C2)c1ccccc1.c1ccc(CN2CCC3CC3(CNc3ccccc3)C2)cc1. The zero-order valence-electron chi connectivity index (χ0n) is 28.6. The van der Waals surface area contributed by atoms with Crippen LogP contribution in [0.15, 0.2) is 121 Å². The summed E-state index contributed by atoms with van der Waals surface area (Å²) in [7, 11) is 0. The first-order chi connectivity index (χ1) is 23.5. The molecule has 0 bridgehead atoms. The number of hydrogen-bond acceptors (Lipinski definition) is 4. The lowest BCUT2D eigenvalue weighted by Crippen LogP contribution is -2.44. The van der Waals surface area contributed by atoms with Crippen LogP contribution in [0.2, 0.25) is 0 Å². The van der Waals surface area contributed by atoms with Crippen LogP contribution in [0.25, 0.3) is 0 Å². The second-order valence-corrected chi connectivity index (χ2v) is 14.9. The van der Waals surface area contributed by atoms with Crippen molar-refractivity contribution in [2.75, 3.05) is 49.5 Å². The third kappa shape index (κ3) is 7.85. The number of rotatable bonds is 11. The lowest BCUT2D eigenvalue weighted by Gasteiger charge is -2.36. The van der Waals surface area contributed by atoms with Gasteiger partial charge in [-0.15, -0.1) is 0 Å². The average molecular weight is 641 g/mol. The van der Waals surface area contributed by atoms with Crippen molar-refractivity contribution in [2.24, 2.45) is 22.7 Å². The number of fused-ring (bicyclic) bond motifs is 2. The standard InChI is InChI=1S/C23H28N2O.C20H24N2/c1-2-22(26)25(21-11-7-4-8-12-21)18-23-15-20(23)13-14-24(17-23)16-19-9-5-3-6-10-19;1-3-7-17(8-4-1)14-22-12-11-18-13-20(18,16-22)15-21-19-9-5-2-6-10-19/h3-12,20H,2,13-18H2,1H3;1-10,18,21H,11-16H2. The number of hydrogen-bond donors (Lipinski definition) is 1. The minimum absolute atomic E-state index is 0.233. The molecule has 4 atom stereocenters. The summed E-state index contributed by atoms with van der Waals surface area (Å²) in [5, 5.41) is 3.65. The normalized spacial score (nSPS) is 25.9. The maximum Gasteiger partial charge on any atom is 0.226 e. The summed E-state index contributed by atoms with van der Waals surface area (Å²) in [4.78, 5) is 19.9. The molecule has 2 aliphatic heterocycles. The average Bonchev–Trinajstić information content (AvgIpc) is 4.05. The molecule has 5 nitrogen and oxygen atoms in total. The fraction of sp³-hybridized carbons (Fsp3) is 0.419. The van der Waals surface area contributed by atoms with Crippen LogP contribution in [-0.2, 0) is 17.9 Å². The predicted molar refractivity (Wildman–Crippen MR) is 198 cm³/mol. The van der Waals surface area contributed by atoms with Gasteiger partial charge in [-0.25, -0.2) is 0 Å². The van der Waals surface area contributed by atoms with Crippen LogP contribution in [-0.4, -0.2) is 55.0 Å². The van der Waals surface area contributed by atoms with Gasteiger partial charge in [-0.05, 0) is 86.0 Å². The molecule has 250 valence electrons. The molecule has 5 heteroatoms. The number of piperidine rings is 2. The second-order valence-electron chi connectivity index (χ2n) is 14.9. The number of carbonyl (C=O) groups excluding carboxylic acids is 1. The number of nitrogens with one attached hydrogen (secondary N) is 1. The van der Waals surface area contributed by atoms with Crippen LogP contribution in [0.5, 0.6) is 0 Å². The van der Waals surface area contributed by atoms with Gasteiger partial charge in [0.2, 0.25) is 5.91 Å². The molecular weight excluding hydrogens is 589 g/mol. The molecule has 2 aliphatic carbocycles. The van der Waals surface area contributed by atoms with E-state index in [0.717, 1.165) is 50.2 Å². The maximum atomic E-state index is 12.6. The highest BCUT2D eigenvalue weighted by Gasteiger charge is 2.58. The second kappa shape index (κ2) is 14.7. The first kappa shape index (κ1) is 32.6. The summed E-state index contributed by atoms with van der Waals surface area (Å²) in [5.41, 5.74) is 5.91. The van der Waals surface area contributed by atoms with Crippen LogP contribution in [0, 0.1) is 22.7 Å². The van der Waals surface area contributed by atoms with E-state index in [4.69, 9.17) is 0 Å². The van der Waals surface area contributed by atoms with Gasteiger partial charge in [-0.3, -0.25) is 14.6 Å². The van der Waals surface area contributed by atoms with E-state index in [0.29, 0.717) is 11.8 Å². The summed E-state index contributed by atoms with van der Waals surface area (Å²) >= 11 is 0. The van der Waals surface area contributed by atoms with E-state index in [-0.39, 0.29) is 11.3 Å². The van der Waals surface area contributed by atoms with E-state index in [1.807, 2.05) is 30.0 Å². The number of para-hydroxylation sites is 2. The minimum atomic E-state index is 0.233. The van der Waals surface area contributed by atoms with Gasteiger partial charge in [0.25, 0.3) is 0 Å². The Morgan fingerprint density at radius 2 is 1.17 bits per heavy atom. The number of carbonyl (C=O) groups is 1. The number of anilines is 2. The Labute approximate surface area is 288 Å². The molecule has 4 fully saturated rings. The van der Waals surface area contributed by atoms with E-state index < -0.39 is 0 Å². The molecule has 0 spiro atoms. The molecule has 1 amide bonds. The van der Waals surface area contributed by atoms with E-state index in [2.05, 4.69) is 118 Å². The van der Waals surface area contributed by atoms with Gasteiger partial charge in [0.1, 0.15) is 0 Å². The molecule has 4 aromatic rings. The van der Waals surface area contributed by atoms with Gasteiger partial charge in [-0.2, -0.15) is 0 Å². The molecule has 4 aliphatic rings. The Morgan fingerprint density at radius 1 is 0.688 bits per heavy atom. The third-order valence-corrected chi connectivity index (χ3v) is 11.4. The van der Waals surface area contributed by atoms with Gasteiger partial charge in [-0.1, -0.05) is 104 Å². The summed E-state index contributed by atoms with van der Waals surface area (Å²) in [6.45, 7) is 10.8. The van der Waals surface area contributed by atoms with E-state index in [1.165, 1.54) is 62.1 Å². The predicted octanol–water partition coefficient (Wildman–Crippen LogP) is 8.35. The van der Waals surface area contributed by atoms with E-state index in [9.17, 15) is 4.79 Å². The van der Waals surface area contributed by atoms with Crippen LogP contribution in [0.1, 0.15) is 50.2 Å². The maximum absolute atomic E-state index is 12.6. The zero-order chi connectivity index (χ0) is 32.8. The van der Waals surface area contributed by atoms with Crippen LogP contribution >= 0.6 is 0 Å². The molecule has 1 N–H and O–H groups in total. The highest BCUT2D eigenvalue weighted by molar-refractivity contribution is 5.93. The molecule has 2 heterocycles. The molecule has 2 saturated heterocycles. The molecule has 4 aromatic carbocycles. The van der Waals surface area contributed by atoms with Gasteiger partial charge in [0, 0.05) is 67.9 Å². The van der Waals surface area contributed by atoms with E-state index >= 15 is 0 Å². The van der Waals surface area contributed by atoms with Crippen molar-refractivity contribution in [1.82, 2.24) is 9.80 Å². The Kier molecular flexibility index (Phi) is 9.97. The highest BCUT2D eigenvalue weighted by Crippen LogP contribution is 2.58. The summed E-state index contributed by atoms with van der Waals surface area (Å²) in [6.07, 6.45) is 5.85. The van der Waals surface area contributed by atoms with Crippen molar-refractivity contribution in [3.05, 3.63) is 132 Å². The third-order valence-electron chi connectivity index (χ3n) is 11.4. The van der Waals surface area contributed by atoms with Gasteiger partial charge in [0.05, 0.1) is 0 Å². The molecule has 8 rings (SSSR count). The number of benzene rings is 4. The quantitative estimate of drug-likeness (QED) is 0.179. The fourth-order valence-corrected chi connectivity index (χ4v) is 8.53. The van der Waals surface area contributed by atoms with Crippen LogP contribution in [0.3, 0.4) is 0 Å². The zero-order valence-corrected chi connectivity index (χ0v) is 28.6. The van der Waals surface area contributed by atoms with Gasteiger partial charge in [0.15, 0.2) is 0 Å². The number of likely N-dealkylation sites (tertiary alicyclic amines) is 2. The van der Waals surface area contributed by atoms with Crippen molar-refractivity contribution < 1.29 is 4.79 Å². The largest absolute Gasteiger partial charge is 0.384 e. The molecule has 4 unspecified atom stereocenters. The molecule has 0 radical (unpaired) electrons. The molecular formula is C43H52N4O. The highest BCUT2D eigenvalue weighted by atomic mass is 16.2. The Bertz CT molecular complexity index is 1600. The Hall–Kier alpha value is -3.93. The number of nitrogens with zero attached hydrogens (tertiary/aromatic N) is 3. The van der Waals surface area contributed by atoms with E-state index in [1.54, 1.807) is 0 Å². The molecule has 48 heavy (non-hydrogen) atoms. The minimum Gasteiger partial charge on any atom is -0.384 e. The monoisotopic (exact) mass is 640 g/mol. The summed E-state index contributed by atoms with van der Waals surface area (Å²) in [5.74, 6) is 1.96. The molecule has 0 aromatic heterocycles. The lowest BCUT2D eigenvalue weighted by molar-refractivity contribution is -0.118. The summed E-state index contributed by atoms with van der Waals surface area (Å²) in [6, 6.07) is 42.4. The number of amides is 1. The topological polar surface area (TPSA) is 38.8 Å². The molecule has 2 saturated carbocycles. The first-order valence-corrected chi connectivity index (χ1v) is 18.2. The lowest BCUT2D eigenvalue weighted by atomic mass is 9.95. The fourth-order valence-electron chi connectivity index (χ4n) is 8.53. The van der Waals surface area contributed by atoms with Crippen molar-refractivity contribution in [3.63, 3.8) is 0 Å². The van der Waals surface area contributed by atoms with Crippen molar-refractivity contribution in [1.29, 1.82) is 0 Å². The van der Waals surface area contributed by atoms with Crippen LogP contribution < -0.4 is 10.2 Å². The summed E-state index contributed by atoms with van der Waals surface area (Å²) < 4.78 is 0.